The number of halogens is 1. The van der Waals surface area contributed by atoms with E-state index in [1.54, 1.807) is 25.3 Å². The molecule has 0 saturated carbocycles. The molecule has 9 heteroatoms. The molecule has 0 spiro atoms. The maximum absolute atomic E-state index is 14.8. The number of para-hydroxylation sites is 1. The summed E-state index contributed by atoms with van der Waals surface area (Å²) in [5.41, 5.74) is 3.76. The first-order valence-corrected chi connectivity index (χ1v) is 12.5. The van der Waals surface area contributed by atoms with E-state index in [2.05, 4.69) is 20.8 Å². The van der Waals surface area contributed by atoms with Crippen LogP contribution in [0.1, 0.15) is 46.4 Å². The van der Waals surface area contributed by atoms with Crippen LogP contribution in [0.3, 0.4) is 0 Å². The number of methoxy groups -OCH3 is 1. The van der Waals surface area contributed by atoms with Crippen LogP contribution in [-0.4, -0.2) is 34.9 Å². The van der Waals surface area contributed by atoms with Crippen molar-refractivity contribution < 1.29 is 23.5 Å². The Hall–Kier alpha value is -4.79. The minimum atomic E-state index is -0.808. The largest absolute Gasteiger partial charge is 0.496 e. The topological polar surface area (TPSA) is 113 Å². The SMILES string of the molecule is COc1ccccc1CNC(=O)c1cc(C2NC(=O)CC(C)=C2C(=O)Cc2ccc3[nH]ncc3c2)ccc1F. The molecule has 3 aromatic carbocycles. The van der Waals surface area contributed by atoms with E-state index in [4.69, 9.17) is 4.74 Å². The number of H-pyrrole nitrogens is 1. The molecular weight excluding hydrogens is 499 g/mol. The lowest BCUT2D eigenvalue weighted by molar-refractivity contribution is -0.121. The van der Waals surface area contributed by atoms with Gasteiger partial charge >= 0.3 is 0 Å². The van der Waals surface area contributed by atoms with Gasteiger partial charge in [0.1, 0.15) is 11.6 Å². The number of aromatic amines is 1. The molecule has 3 N–H and O–H groups in total. The molecule has 4 aromatic rings. The van der Waals surface area contributed by atoms with Crippen molar-refractivity contribution in [2.45, 2.75) is 32.4 Å². The average molecular weight is 527 g/mol. The second-order valence-electron chi connectivity index (χ2n) is 9.50. The molecule has 1 unspecified atom stereocenters. The van der Waals surface area contributed by atoms with Gasteiger partial charge < -0.3 is 15.4 Å². The van der Waals surface area contributed by atoms with Crippen molar-refractivity contribution >= 4 is 28.5 Å². The number of Topliss-reactive ketones (excluding diaryl/α,β-unsaturated/α-hetero) is 1. The van der Waals surface area contributed by atoms with Crippen LogP contribution in [0.25, 0.3) is 10.9 Å². The standard InChI is InChI=1S/C30H27FN4O4/c1-17-11-27(37)34-29(28(17)25(36)13-18-7-10-24-21(12-18)16-33-35-24)19-8-9-23(31)22(14-19)30(38)32-15-20-5-3-4-6-26(20)39-2/h3-10,12,14,16,29H,11,13,15H2,1-2H3,(H,32,38)(H,33,35)(H,34,37). The Morgan fingerprint density at radius 3 is 2.77 bits per heavy atom. The third-order valence-corrected chi connectivity index (χ3v) is 6.85. The van der Waals surface area contributed by atoms with Crippen LogP contribution in [0.2, 0.25) is 0 Å². The maximum atomic E-state index is 14.8. The van der Waals surface area contributed by atoms with Gasteiger partial charge in [0.2, 0.25) is 5.91 Å². The molecule has 8 nitrogen and oxygen atoms in total. The summed E-state index contributed by atoms with van der Waals surface area (Å²) in [6, 6.07) is 16.1. The summed E-state index contributed by atoms with van der Waals surface area (Å²) in [5, 5.41) is 13.4. The van der Waals surface area contributed by atoms with E-state index in [1.807, 2.05) is 30.3 Å². The number of rotatable bonds is 8. The summed E-state index contributed by atoms with van der Waals surface area (Å²) in [4.78, 5) is 39.0. The van der Waals surface area contributed by atoms with Crippen molar-refractivity contribution in [3.05, 3.63) is 106 Å². The number of ether oxygens (including phenoxy) is 1. The highest BCUT2D eigenvalue weighted by atomic mass is 19.1. The molecule has 2 amide bonds. The third-order valence-electron chi connectivity index (χ3n) is 6.85. The van der Waals surface area contributed by atoms with Crippen LogP contribution in [0, 0.1) is 5.82 Å². The summed E-state index contributed by atoms with van der Waals surface area (Å²) in [5.74, 6) is -1.13. The minimum Gasteiger partial charge on any atom is -0.496 e. The number of aromatic nitrogens is 2. The molecule has 2 heterocycles. The van der Waals surface area contributed by atoms with Crippen LogP contribution >= 0.6 is 0 Å². The lowest BCUT2D eigenvalue weighted by Gasteiger charge is -2.28. The highest BCUT2D eigenvalue weighted by molar-refractivity contribution is 6.02. The first kappa shape index (κ1) is 25.8. The van der Waals surface area contributed by atoms with E-state index in [9.17, 15) is 18.8 Å². The lowest BCUT2D eigenvalue weighted by Crippen LogP contribution is -2.37. The van der Waals surface area contributed by atoms with E-state index in [0.717, 1.165) is 22.0 Å². The summed E-state index contributed by atoms with van der Waals surface area (Å²) < 4.78 is 20.1. The second kappa shape index (κ2) is 10.9. The molecule has 0 aliphatic carbocycles. The van der Waals surface area contributed by atoms with E-state index >= 15 is 0 Å². The monoisotopic (exact) mass is 526 g/mol. The summed E-state index contributed by atoms with van der Waals surface area (Å²) in [6.45, 7) is 1.89. The number of nitrogens with one attached hydrogen (secondary N) is 3. The Bertz CT molecular complexity index is 1620. The average Bonchev–Trinajstić information content (AvgIpc) is 3.39. The van der Waals surface area contributed by atoms with E-state index < -0.39 is 17.8 Å². The van der Waals surface area contributed by atoms with Gasteiger partial charge in [0.25, 0.3) is 5.91 Å². The van der Waals surface area contributed by atoms with Crippen LogP contribution in [0.4, 0.5) is 4.39 Å². The fourth-order valence-corrected chi connectivity index (χ4v) is 4.91. The smallest absolute Gasteiger partial charge is 0.254 e. The molecule has 5 rings (SSSR count). The predicted molar refractivity (Wildman–Crippen MR) is 144 cm³/mol. The Morgan fingerprint density at radius 2 is 1.95 bits per heavy atom. The molecule has 39 heavy (non-hydrogen) atoms. The normalized spacial score (nSPS) is 15.3. The number of hydrogen-bond donors (Lipinski definition) is 3. The van der Waals surface area contributed by atoms with E-state index in [1.165, 1.54) is 25.3 Å². The Balaban J connectivity index is 1.40. The van der Waals surface area contributed by atoms with Gasteiger partial charge in [0.15, 0.2) is 5.78 Å². The van der Waals surface area contributed by atoms with Gasteiger partial charge in [-0.05, 0) is 48.4 Å². The molecule has 1 atom stereocenters. The van der Waals surface area contributed by atoms with Crippen molar-refractivity contribution in [3.63, 3.8) is 0 Å². The quantitative estimate of drug-likeness (QED) is 0.316. The number of benzene rings is 3. The highest BCUT2D eigenvalue weighted by Crippen LogP contribution is 2.32. The molecule has 0 fully saturated rings. The minimum absolute atomic E-state index is 0.0891. The third kappa shape index (κ3) is 5.43. The molecule has 1 aliphatic heterocycles. The van der Waals surface area contributed by atoms with Crippen LogP contribution in [-0.2, 0) is 22.6 Å². The Labute approximate surface area is 224 Å². The van der Waals surface area contributed by atoms with Gasteiger partial charge in [-0.3, -0.25) is 19.5 Å². The summed E-state index contributed by atoms with van der Waals surface area (Å²) in [6.07, 6.45) is 1.90. The zero-order chi connectivity index (χ0) is 27.5. The van der Waals surface area contributed by atoms with Crippen molar-refractivity contribution in [1.29, 1.82) is 0 Å². The highest BCUT2D eigenvalue weighted by Gasteiger charge is 2.31. The fourth-order valence-electron chi connectivity index (χ4n) is 4.91. The number of amides is 2. The molecular formula is C30H27FN4O4. The number of hydrogen-bond acceptors (Lipinski definition) is 5. The molecule has 1 aliphatic rings. The van der Waals surface area contributed by atoms with Gasteiger partial charge in [-0.25, -0.2) is 4.39 Å². The molecule has 198 valence electrons. The Kier molecular flexibility index (Phi) is 7.23. The van der Waals surface area contributed by atoms with Crippen LogP contribution in [0.5, 0.6) is 5.75 Å². The van der Waals surface area contributed by atoms with Crippen LogP contribution < -0.4 is 15.4 Å². The number of fused-ring (bicyclic) bond motifs is 1. The first-order valence-electron chi connectivity index (χ1n) is 12.5. The van der Waals surface area contributed by atoms with E-state index in [0.29, 0.717) is 22.5 Å². The van der Waals surface area contributed by atoms with Gasteiger partial charge in [-0.1, -0.05) is 35.9 Å². The van der Waals surface area contributed by atoms with Crippen LogP contribution in [0.15, 0.2) is 78.0 Å². The molecule has 0 radical (unpaired) electrons. The van der Waals surface area contributed by atoms with Crippen molar-refractivity contribution in [2.24, 2.45) is 0 Å². The number of nitrogens with zero attached hydrogens (tertiary/aromatic N) is 1. The van der Waals surface area contributed by atoms with Gasteiger partial charge in [0, 0.05) is 35.9 Å². The molecule has 0 bridgehead atoms. The fraction of sp³-hybridized carbons (Fsp3) is 0.200. The van der Waals surface area contributed by atoms with Crippen molar-refractivity contribution in [2.75, 3.05) is 7.11 Å². The van der Waals surface area contributed by atoms with Crippen molar-refractivity contribution in [3.8, 4) is 5.75 Å². The van der Waals surface area contributed by atoms with Crippen molar-refractivity contribution in [1.82, 2.24) is 20.8 Å². The molecule has 1 aromatic heterocycles. The van der Waals surface area contributed by atoms with Gasteiger partial charge in [-0.2, -0.15) is 5.10 Å². The first-order chi connectivity index (χ1) is 18.8. The van der Waals surface area contributed by atoms with E-state index in [-0.39, 0.29) is 36.6 Å². The number of carbonyl (C=O) groups excluding carboxylic acids is 3. The summed E-state index contributed by atoms with van der Waals surface area (Å²) in [7, 11) is 1.53. The second-order valence-corrected chi connectivity index (χ2v) is 9.50. The molecule has 0 saturated heterocycles. The Morgan fingerprint density at radius 1 is 1.13 bits per heavy atom. The lowest BCUT2D eigenvalue weighted by atomic mass is 9.85. The zero-order valence-corrected chi connectivity index (χ0v) is 21.5. The predicted octanol–water partition coefficient (Wildman–Crippen LogP) is 4.33. The zero-order valence-electron chi connectivity index (χ0n) is 21.5. The maximum Gasteiger partial charge on any atom is 0.254 e. The number of ketones is 1. The summed E-state index contributed by atoms with van der Waals surface area (Å²) >= 11 is 0. The van der Waals surface area contributed by atoms with Gasteiger partial charge in [-0.15, -0.1) is 0 Å². The number of carbonyl (C=O) groups is 3. The van der Waals surface area contributed by atoms with Gasteiger partial charge in [0.05, 0.1) is 30.4 Å².